The molecule has 3 heteroatoms. The Morgan fingerprint density at radius 2 is 2.29 bits per heavy atom. The smallest absolute Gasteiger partial charge is 0.0783 e. The molecule has 1 N–H and O–H groups in total. The third-order valence-corrected chi connectivity index (χ3v) is 6.37. The maximum atomic E-state index is 6.20. The molecule has 0 aliphatic carbocycles. The Morgan fingerprint density at radius 1 is 1.43 bits per heavy atom. The Labute approximate surface area is 133 Å². The van der Waals surface area contributed by atoms with Crippen LogP contribution in [0.1, 0.15) is 43.4 Å². The predicted molar refractivity (Wildman–Crippen MR) is 91.0 cm³/mol. The SMILES string of the molecule is CCc1ccccc1C(NC)C1CCOC2(CCSC2)C1. The molecule has 0 aromatic heterocycles. The molecule has 3 atom stereocenters. The first-order chi connectivity index (χ1) is 10.3. The Hall–Kier alpha value is -0.510. The average Bonchev–Trinajstić information content (AvgIpc) is 2.96. The molecule has 1 aromatic rings. The van der Waals surface area contributed by atoms with E-state index >= 15 is 0 Å². The quantitative estimate of drug-likeness (QED) is 0.914. The van der Waals surface area contributed by atoms with Gasteiger partial charge in [0.15, 0.2) is 0 Å². The van der Waals surface area contributed by atoms with Gasteiger partial charge in [-0.25, -0.2) is 0 Å². The van der Waals surface area contributed by atoms with E-state index in [1.807, 2.05) is 0 Å². The van der Waals surface area contributed by atoms with Crippen LogP contribution in [0.5, 0.6) is 0 Å². The fourth-order valence-corrected chi connectivity index (χ4v) is 5.40. The van der Waals surface area contributed by atoms with Crippen molar-refractivity contribution in [3.8, 4) is 0 Å². The highest BCUT2D eigenvalue weighted by Crippen LogP contribution is 2.44. The summed E-state index contributed by atoms with van der Waals surface area (Å²) >= 11 is 2.06. The molecule has 0 saturated carbocycles. The minimum Gasteiger partial charge on any atom is -0.374 e. The van der Waals surface area contributed by atoms with Crippen LogP contribution in [-0.2, 0) is 11.2 Å². The highest BCUT2D eigenvalue weighted by molar-refractivity contribution is 7.99. The van der Waals surface area contributed by atoms with Gasteiger partial charge in [0.2, 0.25) is 0 Å². The van der Waals surface area contributed by atoms with E-state index in [2.05, 4.69) is 55.3 Å². The summed E-state index contributed by atoms with van der Waals surface area (Å²) in [5, 5.41) is 3.61. The zero-order valence-corrected chi connectivity index (χ0v) is 14.0. The van der Waals surface area contributed by atoms with Crippen molar-refractivity contribution in [3.63, 3.8) is 0 Å². The number of nitrogens with one attached hydrogen (secondary N) is 1. The molecule has 21 heavy (non-hydrogen) atoms. The largest absolute Gasteiger partial charge is 0.374 e. The molecule has 116 valence electrons. The molecule has 2 aliphatic rings. The van der Waals surface area contributed by atoms with Crippen LogP contribution < -0.4 is 5.32 Å². The van der Waals surface area contributed by atoms with Gasteiger partial charge in [-0.1, -0.05) is 31.2 Å². The Balaban J connectivity index is 1.82. The second kappa shape index (κ2) is 6.72. The molecule has 2 heterocycles. The Morgan fingerprint density at radius 3 is 3.00 bits per heavy atom. The molecule has 2 aliphatic heterocycles. The van der Waals surface area contributed by atoms with Crippen molar-refractivity contribution >= 4 is 11.8 Å². The normalized spacial score (nSPS) is 30.7. The minimum absolute atomic E-state index is 0.170. The first-order valence-electron chi connectivity index (χ1n) is 8.25. The van der Waals surface area contributed by atoms with Gasteiger partial charge in [0.1, 0.15) is 0 Å². The highest BCUT2D eigenvalue weighted by atomic mass is 32.2. The summed E-state index contributed by atoms with van der Waals surface area (Å²) in [6, 6.07) is 9.40. The maximum Gasteiger partial charge on any atom is 0.0783 e. The second-order valence-electron chi connectivity index (χ2n) is 6.41. The lowest BCUT2D eigenvalue weighted by Gasteiger charge is -2.41. The number of rotatable bonds is 4. The second-order valence-corrected chi connectivity index (χ2v) is 7.51. The van der Waals surface area contributed by atoms with Crippen molar-refractivity contribution < 1.29 is 4.74 Å². The van der Waals surface area contributed by atoms with Crippen LogP contribution >= 0.6 is 11.8 Å². The van der Waals surface area contributed by atoms with Gasteiger partial charge in [0.05, 0.1) is 5.60 Å². The molecule has 0 bridgehead atoms. The van der Waals surface area contributed by atoms with Crippen molar-refractivity contribution in [3.05, 3.63) is 35.4 Å². The minimum atomic E-state index is 0.170. The third kappa shape index (κ3) is 3.15. The van der Waals surface area contributed by atoms with Crippen LogP contribution in [0.25, 0.3) is 0 Å². The molecule has 2 saturated heterocycles. The summed E-state index contributed by atoms with van der Waals surface area (Å²) in [6.45, 7) is 3.18. The van der Waals surface area contributed by atoms with Gasteiger partial charge in [0.25, 0.3) is 0 Å². The number of aryl methyl sites for hydroxylation is 1. The summed E-state index contributed by atoms with van der Waals surface area (Å²) in [4.78, 5) is 0. The lowest BCUT2D eigenvalue weighted by Crippen LogP contribution is -2.43. The van der Waals surface area contributed by atoms with Gasteiger partial charge >= 0.3 is 0 Å². The maximum absolute atomic E-state index is 6.20. The zero-order valence-electron chi connectivity index (χ0n) is 13.2. The topological polar surface area (TPSA) is 21.3 Å². The molecule has 3 rings (SSSR count). The zero-order chi connectivity index (χ0) is 14.7. The van der Waals surface area contributed by atoms with Crippen molar-refractivity contribution in [1.29, 1.82) is 0 Å². The van der Waals surface area contributed by atoms with Crippen molar-refractivity contribution in [2.24, 2.45) is 5.92 Å². The molecule has 0 radical (unpaired) electrons. The van der Waals surface area contributed by atoms with Crippen molar-refractivity contribution in [1.82, 2.24) is 5.32 Å². The van der Waals surface area contributed by atoms with Gasteiger partial charge in [-0.2, -0.15) is 11.8 Å². The predicted octanol–water partition coefficient (Wildman–Crippen LogP) is 3.81. The van der Waals surface area contributed by atoms with Crippen LogP contribution in [0.15, 0.2) is 24.3 Å². The summed E-state index contributed by atoms with van der Waals surface area (Å²) in [7, 11) is 2.11. The van der Waals surface area contributed by atoms with Gasteiger partial charge in [-0.15, -0.1) is 0 Å². The Kier molecular flexibility index (Phi) is 4.92. The van der Waals surface area contributed by atoms with Crippen LogP contribution in [0, 0.1) is 5.92 Å². The molecule has 2 fully saturated rings. The van der Waals surface area contributed by atoms with Gasteiger partial charge in [-0.3, -0.25) is 0 Å². The lowest BCUT2D eigenvalue weighted by molar-refractivity contribution is -0.0851. The van der Waals surface area contributed by atoms with E-state index in [-0.39, 0.29) is 5.60 Å². The number of benzene rings is 1. The molecular formula is C18H27NOS. The van der Waals surface area contributed by atoms with E-state index < -0.39 is 0 Å². The van der Waals surface area contributed by atoms with Crippen LogP contribution in [0.3, 0.4) is 0 Å². The Bertz CT molecular complexity index is 470. The van der Waals surface area contributed by atoms with E-state index in [0.717, 1.165) is 13.0 Å². The average molecular weight is 305 g/mol. The van der Waals surface area contributed by atoms with Crippen molar-refractivity contribution in [2.75, 3.05) is 25.2 Å². The van der Waals surface area contributed by atoms with Crippen LogP contribution in [-0.4, -0.2) is 30.8 Å². The van der Waals surface area contributed by atoms with E-state index in [4.69, 9.17) is 4.74 Å². The number of hydrogen-bond acceptors (Lipinski definition) is 3. The van der Waals surface area contributed by atoms with Gasteiger partial charge in [0, 0.05) is 18.4 Å². The highest BCUT2D eigenvalue weighted by Gasteiger charge is 2.42. The van der Waals surface area contributed by atoms with E-state index in [9.17, 15) is 0 Å². The number of thioether (sulfide) groups is 1. The van der Waals surface area contributed by atoms with Crippen LogP contribution in [0.4, 0.5) is 0 Å². The van der Waals surface area contributed by atoms with E-state index in [1.165, 1.54) is 41.9 Å². The monoisotopic (exact) mass is 305 g/mol. The van der Waals surface area contributed by atoms with Crippen molar-refractivity contribution in [2.45, 2.75) is 44.2 Å². The number of hydrogen-bond donors (Lipinski definition) is 1. The van der Waals surface area contributed by atoms with Crippen LogP contribution in [0.2, 0.25) is 0 Å². The molecule has 1 spiro atoms. The first kappa shape index (κ1) is 15.4. The molecule has 1 aromatic carbocycles. The lowest BCUT2D eigenvalue weighted by atomic mass is 9.78. The third-order valence-electron chi connectivity index (χ3n) is 5.15. The molecular weight excluding hydrogens is 278 g/mol. The van der Waals surface area contributed by atoms with Gasteiger partial charge < -0.3 is 10.1 Å². The van der Waals surface area contributed by atoms with E-state index in [1.54, 1.807) is 0 Å². The summed E-state index contributed by atoms with van der Waals surface area (Å²) in [6.07, 6.45) is 4.73. The summed E-state index contributed by atoms with van der Waals surface area (Å²) < 4.78 is 6.20. The molecule has 3 unspecified atom stereocenters. The summed E-state index contributed by atoms with van der Waals surface area (Å²) in [5.41, 5.74) is 3.15. The fourth-order valence-electron chi connectivity index (χ4n) is 4.02. The first-order valence-corrected chi connectivity index (χ1v) is 9.40. The summed E-state index contributed by atoms with van der Waals surface area (Å²) in [5.74, 6) is 3.15. The number of ether oxygens (including phenoxy) is 1. The molecule has 2 nitrogen and oxygen atoms in total. The standard InChI is InChI=1S/C18H27NOS/c1-3-14-6-4-5-7-16(14)17(19-2)15-8-10-20-18(12-15)9-11-21-13-18/h4-7,15,17,19H,3,8-13H2,1-2H3. The fraction of sp³-hybridized carbons (Fsp3) is 0.667. The molecule has 0 amide bonds. The van der Waals surface area contributed by atoms with E-state index in [0.29, 0.717) is 12.0 Å². The van der Waals surface area contributed by atoms with Gasteiger partial charge in [-0.05, 0) is 55.5 Å².